The minimum Gasteiger partial charge on any atom is -0.463 e. The van der Waals surface area contributed by atoms with E-state index in [4.69, 9.17) is 9.15 Å². The zero-order valence-corrected chi connectivity index (χ0v) is 27.5. The van der Waals surface area contributed by atoms with Crippen molar-refractivity contribution >= 4 is 17.6 Å². The van der Waals surface area contributed by atoms with Crippen LogP contribution in [0.15, 0.2) is 70.4 Å². The van der Waals surface area contributed by atoms with Crippen molar-refractivity contribution in [1.29, 1.82) is 10.5 Å². The first kappa shape index (κ1) is 33.3. The SMILES string of the molecule is COC(=O)c1ccc(CN(C(=O)CCN2CCN(Cc3cc(C)cc(C)c3)C2=C(C#N)C#N)c2cccc(CN3CCCCC3)c2)o1. The number of furan rings is 1. The van der Waals surface area contributed by atoms with Crippen LogP contribution in [0, 0.1) is 36.5 Å². The molecule has 1 amide bonds. The van der Waals surface area contributed by atoms with E-state index in [2.05, 4.69) is 60.1 Å². The van der Waals surface area contributed by atoms with Crippen LogP contribution >= 0.6 is 0 Å². The molecule has 3 aromatic rings. The summed E-state index contributed by atoms with van der Waals surface area (Å²) in [5.74, 6) is 0.370. The molecule has 10 heteroatoms. The van der Waals surface area contributed by atoms with Crippen LogP contribution in [0.25, 0.3) is 0 Å². The molecule has 47 heavy (non-hydrogen) atoms. The number of esters is 1. The second kappa shape index (κ2) is 15.5. The molecule has 10 nitrogen and oxygen atoms in total. The number of allylic oxidation sites excluding steroid dienone is 1. The number of carbonyl (C=O) groups is 2. The van der Waals surface area contributed by atoms with Gasteiger partial charge in [0.05, 0.1) is 13.7 Å². The summed E-state index contributed by atoms with van der Waals surface area (Å²) in [6.45, 7) is 9.30. The lowest BCUT2D eigenvalue weighted by molar-refractivity contribution is -0.119. The highest BCUT2D eigenvalue weighted by molar-refractivity contribution is 5.93. The van der Waals surface area contributed by atoms with Gasteiger partial charge < -0.3 is 23.9 Å². The van der Waals surface area contributed by atoms with Crippen molar-refractivity contribution in [3.63, 3.8) is 0 Å². The highest BCUT2D eigenvalue weighted by atomic mass is 16.5. The molecule has 1 aromatic heterocycles. The Morgan fingerprint density at radius 2 is 1.60 bits per heavy atom. The average molecular weight is 635 g/mol. The molecule has 0 saturated carbocycles. The third-order valence-electron chi connectivity index (χ3n) is 8.68. The van der Waals surface area contributed by atoms with Crippen LogP contribution < -0.4 is 4.90 Å². The van der Waals surface area contributed by atoms with Crippen molar-refractivity contribution in [3.05, 3.63) is 99.8 Å². The molecule has 2 fully saturated rings. The standard InChI is InChI=1S/C37H42N6O4/c1-27-18-28(2)20-30(19-27)25-42-17-16-41(36(42)31(22-38)23-39)15-12-35(44)43(26-33-10-11-34(47-33)37(45)46-3)32-9-7-8-29(21-32)24-40-13-5-4-6-14-40/h7-11,18-21H,4-6,12-17,24-26H2,1-3H3. The van der Waals surface area contributed by atoms with Crippen LogP contribution in [0.1, 0.15) is 64.3 Å². The molecule has 2 saturated heterocycles. The third kappa shape index (κ3) is 8.41. The van der Waals surface area contributed by atoms with Gasteiger partial charge in [-0.2, -0.15) is 10.5 Å². The Morgan fingerprint density at radius 1 is 0.872 bits per heavy atom. The van der Waals surface area contributed by atoms with Gasteiger partial charge in [-0.3, -0.25) is 9.69 Å². The normalized spacial score (nSPS) is 14.9. The first-order valence-electron chi connectivity index (χ1n) is 16.2. The Hall–Kier alpha value is -5.06. The van der Waals surface area contributed by atoms with Crippen LogP contribution in [0.5, 0.6) is 0 Å². The number of hydrogen-bond donors (Lipinski definition) is 0. The lowest BCUT2D eigenvalue weighted by Gasteiger charge is -2.28. The number of nitriles is 2. The molecule has 0 radical (unpaired) electrons. The fraction of sp³-hybridized carbons (Fsp3) is 0.405. The molecule has 2 aromatic carbocycles. The molecule has 2 aliphatic rings. The first-order valence-corrected chi connectivity index (χ1v) is 16.2. The molecule has 5 rings (SSSR count). The fourth-order valence-corrected chi connectivity index (χ4v) is 6.56. The number of rotatable bonds is 11. The number of benzene rings is 2. The Balaban J connectivity index is 1.36. The highest BCUT2D eigenvalue weighted by Crippen LogP contribution is 2.27. The minimum atomic E-state index is -0.581. The summed E-state index contributed by atoms with van der Waals surface area (Å²) in [6, 6.07) is 21.7. The van der Waals surface area contributed by atoms with Gasteiger partial charge in [-0.15, -0.1) is 0 Å². The van der Waals surface area contributed by atoms with Gasteiger partial charge in [-0.05, 0) is 75.2 Å². The number of anilines is 1. The number of nitrogens with zero attached hydrogens (tertiary/aromatic N) is 6. The van der Waals surface area contributed by atoms with E-state index in [1.54, 1.807) is 17.0 Å². The summed E-state index contributed by atoms with van der Waals surface area (Å²) >= 11 is 0. The van der Waals surface area contributed by atoms with Crippen molar-refractivity contribution in [3.8, 4) is 12.1 Å². The number of methoxy groups -OCH3 is 1. The number of likely N-dealkylation sites (tertiary alicyclic amines) is 1. The summed E-state index contributed by atoms with van der Waals surface area (Å²) in [6.07, 6.45) is 3.79. The predicted octanol–water partition coefficient (Wildman–Crippen LogP) is 5.67. The quantitative estimate of drug-likeness (QED) is 0.194. The average Bonchev–Trinajstić information content (AvgIpc) is 3.70. The monoisotopic (exact) mass is 634 g/mol. The van der Waals surface area contributed by atoms with E-state index in [0.29, 0.717) is 37.8 Å². The van der Waals surface area contributed by atoms with E-state index < -0.39 is 5.97 Å². The van der Waals surface area contributed by atoms with Crippen LogP contribution in [0.4, 0.5) is 5.69 Å². The van der Waals surface area contributed by atoms with Gasteiger partial charge in [0.2, 0.25) is 11.7 Å². The second-order valence-electron chi connectivity index (χ2n) is 12.3. The molecular formula is C37H42N6O4. The van der Waals surface area contributed by atoms with E-state index in [9.17, 15) is 20.1 Å². The molecule has 0 N–H and O–H groups in total. The van der Waals surface area contributed by atoms with Gasteiger partial charge in [0.1, 0.15) is 23.7 Å². The number of amides is 1. The first-order chi connectivity index (χ1) is 22.8. The zero-order valence-electron chi connectivity index (χ0n) is 27.5. The van der Waals surface area contributed by atoms with Gasteiger partial charge in [0.25, 0.3) is 0 Å². The Morgan fingerprint density at radius 3 is 2.30 bits per heavy atom. The number of ether oxygens (including phenoxy) is 1. The second-order valence-corrected chi connectivity index (χ2v) is 12.3. The van der Waals surface area contributed by atoms with E-state index in [-0.39, 0.29) is 30.2 Å². The topological polar surface area (TPSA) is 117 Å². The lowest BCUT2D eigenvalue weighted by Crippen LogP contribution is -2.34. The summed E-state index contributed by atoms with van der Waals surface area (Å²) in [5, 5.41) is 19.7. The van der Waals surface area contributed by atoms with Gasteiger partial charge >= 0.3 is 5.97 Å². The van der Waals surface area contributed by atoms with Crippen molar-refractivity contribution < 1.29 is 18.7 Å². The van der Waals surface area contributed by atoms with E-state index in [0.717, 1.165) is 47.6 Å². The van der Waals surface area contributed by atoms with Crippen molar-refractivity contribution in [2.24, 2.45) is 0 Å². The predicted molar refractivity (Wildman–Crippen MR) is 178 cm³/mol. The maximum atomic E-state index is 14.1. The molecule has 244 valence electrons. The molecule has 0 atom stereocenters. The van der Waals surface area contributed by atoms with Gasteiger partial charge in [0.15, 0.2) is 5.57 Å². The molecule has 0 aliphatic carbocycles. The fourth-order valence-electron chi connectivity index (χ4n) is 6.56. The molecular weight excluding hydrogens is 592 g/mol. The van der Waals surface area contributed by atoms with E-state index in [1.165, 1.54) is 26.4 Å². The minimum absolute atomic E-state index is 0.0347. The van der Waals surface area contributed by atoms with Crippen LogP contribution in [0.3, 0.4) is 0 Å². The van der Waals surface area contributed by atoms with Gasteiger partial charge in [0, 0.05) is 44.8 Å². The summed E-state index contributed by atoms with van der Waals surface area (Å²) < 4.78 is 10.6. The highest BCUT2D eigenvalue weighted by Gasteiger charge is 2.30. The molecule has 0 unspecified atom stereocenters. The summed E-state index contributed by atoms with van der Waals surface area (Å²) in [7, 11) is 1.29. The van der Waals surface area contributed by atoms with E-state index >= 15 is 0 Å². The zero-order chi connectivity index (χ0) is 33.3. The molecule has 0 bridgehead atoms. The summed E-state index contributed by atoms with van der Waals surface area (Å²) in [4.78, 5) is 34.3. The third-order valence-corrected chi connectivity index (χ3v) is 8.68. The Bertz CT molecular complexity index is 1670. The number of aryl methyl sites for hydroxylation is 2. The van der Waals surface area contributed by atoms with Crippen LogP contribution in [-0.2, 0) is 29.2 Å². The van der Waals surface area contributed by atoms with Crippen molar-refractivity contribution in [1.82, 2.24) is 14.7 Å². The largest absolute Gasteiger partial charge is 0.463 e. The molecule has 0 spiro atoms. The Labute approximate surface area is 277 Å². The maximum absolute atomic E-state index is 14.1. The maximum Gasteiger partial charge on any atom is 0.373 e. The van der Waals surface area contributed by atoms with Crippen molar-refractivity contribution in [2.45, 2.75) is 59.2 Å². The number of hydrogen-bond acceptors (Lipinski definition) is 9. The lowest BCUT2D eigenvalue weighted by atomic mass is 10.1. The molecule has 3 heterocycles. The van der Waals surface area contributed by atoms with E-state index in [1.807, 2.05) is 23.1 Å². The van der Waals surface area contributed by atoms with Crippen LogP contribution in [0.2, 0.25) is 0 Å². The Kier molecular flexibility index (Phi) is 11.0. The smallest absolute Gasteiger partial charge is 0.373 e. The van der Waals surface area contributed by atoms with Gasteiger partial charge in [-0.25, -0.2) is 4.79 Å². The number of piperidine rings is 1. The van der Waals surface area contributed by atoms with Crippen molar-refractivity contribution in [2.75, 3.05) is 44.7 Å². The molecule has 2 aliphatic heterocycles. The van der Waals surface area contributed by atoms with Gasteiger partial charge in [-0.1, -0.05) is 47.9 Å². The van der Waals surface area contributed by atoms with Crippen LogP contribution in [-0.4, -0.2) is 66.4 Å². The summed E-state index contributed by atoms with van der Waals surface area (Å²) in [5.41, 5.74) is 5.31. The number of carbonyl (C=O) groups excluding carboxylic acids is 2.